The highest BCUT2D eigenvalue weighted by Gasteiger charge is 2.31. The zero-order valence-electron chi connectivity index (χ0n) is 12.3. The van der Waals surface area contributed by atoms with Crippen LogP contribution < -0.4 is 4.90 Å². The SMILES string of the molecule is Cc1ccnc(N2CCC(C)CC2c2ccc(C)o2)n1. The molecule has 3 heterocycles. The fourth-order valence-corrected chi connectivity index (χ4v) is 2.86. The summed E-state index contributed by atoms with van der Waals surface area (Å²) in [5.74, 6) is 3.50. The average Bonchev–Trinajstić information content (AvgIpc) is 2.85. The van der Waals surface area contributed by atoms with E-state index >= 15 is 0 Å². The Hall–Kier alpha value is -1.84. The van der Waals surface area contributed by atoms with Gasteiger partial charge in [0.25, 0.3) is 0 Å². The zero-order valence-corrected chi connectivity index (χ0v) is 12.3. The van der Waals surface area contributed by atoms with Gasteiger partial charge in [-0.15, -0.1) is 0 Å². The van der Waals surface area contributed by atoms with Crippen LogP contribution in [-0.4, -0.2) is 16.5 Å². The summed E-state index contributed by atoms with van der Waals surface area (Å²) in [7, 11) is 0. The Morgan fingerprint density at radius 3 is 2.80 bits per heavy atom. The molecule has 0 N–H and O–H groups in total. The molecule has 2 atom stereocenters. The summed E-state index contributed by atoms with van der Waals surface area (Å²) in [6, 6.07) is 6.29. The molecule has 4 heteroatoms. The van der Waals surface area contributed by atoms with E-state index in [9.17, 15) is 0 Å². The maximum atomic E-state index is 5.86. The molecular weight excluding hydrogens is 250 g/mol. The number of aryl methyl sites for hydroxylation is 2. The lowest BCUT2D eigenvalue weighted by Crippen LogP contribution is -2.37. The highest BCUT2D eigenvalue weighted by molar-refractivity contribution is 5.35. The lowest BCUT2D eigenvalue weighted by molar-refractivity contribution is 0.321. The first kappa shape index (κ1) is 13.2. The maximum absolute atomic E-state index is 5.86. The van der Waals surface area contributed by atoms with E-state index in [2.05, 4.69) is 27.9 Å². The summed E-state index contributed by atoms with van der Waals surface area (Å²) in [6.07, 6.45) is 4.10. The molecule has 2 aromatic rings. The standard InChI is InChI=1S/C16H21N3O/c1-11-7-9-19(16-17-8-6-12(2)18-16)14(10-11)15-5-4-13(3)20-15/h4-6,8,11,14H,7,9-10H2,1-3H3. The lowest BCUT2D eigenvalue weighted by atomic mass is 9.91. The monoisotopic (exact) mass is 271 g/mol. The van der Waals surface area contributed by atoms with E-state index in [-0.39, 0.29) is 6.04 Å². The van der Waals surface area contributed by atoms with Gasteiger partial charge in [0.15, 0.2) is 0 Å². The van der Waals surface area contributed by atoms with Crippen LogP contribution in [0.4, 0.5) is 5.95 Å². The van der Waals surface area contributed by atoms with Gasteiger partial charge in [0.2, 0.25) is 5.95 Å². The zero-order chi connectivity index (χ0) is 14.1. The van der Waals surface area contributed by atoms with Crippen LogP contribution in [0.2, 0.25) is 0 Å². The molecule has 0 bridgehead atoms. The second-order valence-electron chi connectivity index (χ2n) is 5.79. The predicted octanol–water partition coefficient (Wildman–Crippen LogP) is 3.66. The largest absolute Gasteiger partial charge is 0.464 e. The molecule has 0 saturated carbocycles. The Morgan fingerprint density at radius 2 is 2.10 bits per heavy atom. The third kappa shape index (κ3) is 2.55. The van der Waals surface area contributed by atoms with Crippen LogP contribution in [0.25, 0.3) is 0 Å². The van der Waals surface area contributed by atoms with Crippen molar-refractivity contribution in [3.63, 3.8) is 0 Å². The van der Waals surface area contributed by atoms with Gasteiger partial charge in [-0.2, -0.15) is 0 Å². The Kier molecular flexibility index (Phi) is 3.47. The third-order valence-corrected chi connectivity index (χ3v) is 3.99. The van der Waals surface area contributed by atoms with Crippen LogP contribution in [0.1, 0.15) is 43.0 Å². The van der Waals surface area contributed by atoms with E-state index in [0.717, 1.165) is 36.1 Å². The molecule has 0 aromatic carbocycles. The second kappa shape index (κ2) is 5.27. The average molecular weight is 271 g/mol. The molecule has 1 aliphatic rings. The predicted molar refractivity (Wildman–Crippen MR) is 78.7 cm³/mol. The van der Waals surface area contributed by atoms with Crippen LogP contribution >= 0.6 is 0 Å². The Morgan fingerprint density at radius 1 is 1.25 bits per heavy atom. The minimum Gasteiger partial charge on any atom is -0.464 e. The molecule has 20 heavy (non-hydrogen) atoms. The van der Waals surface area contributed by atoms with Crippen molar-refractivity contribution >= 4 is 5.95 Å². The number of furan rings is 1. The molecule has 1 fully saturated rings. The smallest absolute Gasteiger partial charge is 0.226 e. The number of hydrogen-bond donors (Lipinski definition) is 0. The Bertz CT molecular complexity index is 593. The molecular formula is C16H21N3O. The summed E-state index contributed by atoms with van der Waals surface area (Å²) in [4.78, 5) is 11.3. The molecule has 2 unspecified atom stereocenters. The molecule has 4 nitrogen and oxygen atoms in total. The van der Waals surface area contributed by atoms with E-state index in [1.807, 2.05) is 32.2 Å². The van der Waals surface area contributed by atoms with Gasteiger partial charge in [-0.1, -0.05) is 6.92 Å². The molecule has 3 rings (SSSR count). The normalized spacial score (nSPS) is 23.1. The van der Waals surface area contributed by atoms with E-state index in [1.54, 1.807) is 0 Å². The molecule has 0 aliphatic carbocycles. The van der Waals surface area contributed by atoms with Crippen molar-refractivity contribution in [1.29, 1.82) is 0 Å². The summed E-state index contributed by atoms with van der Waals surface area (Å²) in [5, 5.41) is 0. The summed E-state index contributed by atoms with van der Waals surface area (Å²) >= 11 is 0. The van der Waals surface area contributed by atoms with Crippen molar-refractivity contribution in [2.75, 3.05) is 11.4 Å². The molecule has 106 valence electrons. The van der Waals surface area contributed by atoms with Gasteiger partial charge in [-0.25, -0.2) is 9.97 Å². The van der Waals surface area contributed by atoms with Gasteiger partial charge >= 0.3 is 0 Å². The summed E-state index contributed by atoms with van der Waals surface area (Å²) in [5.41, 5.74) is 1.00. The van der Waals surface area contributed by atoms with Crippen LogP contribution in [-0.2, 0) is 0 Å². The van der Waals surface area contributed by atoms with Gasteiger partial charge in [0.05, 0.1) is 6.04 Å². The molecule has 0 radical (unpaired) electrons. The number of piperidine rings is 1. The minimum absolute atomic E-state index is 0.245. The van der Waals surface area contributed by atoms with Crippen LogP contribution in [0, 0.1) is 19.8 Å². The number of anilines is 1. The third-order valence-electron chi connectivity index (χ3n) is 3.99. The fraction of sp³-hybridized carbons (Fsp3) is 0.500. The van der Waals surface area contributed by atoms with Gasteiger partial charge in [-0.05, 0) is 50.8 Å². The van der Waals surface area contributed by atoms with Crippen molar-refractivity contribution in [3.8, 4) is 0 Å². The number of rotatable bonds is 2. The number of hydrogen-bond acceptors (Lipinski definition) is 4. The highest BCUT2D eigenvalue weighted by atomic mass is 16.3. The van der Waals surface area contributed by atoms with Crippen LogP contribution in [0.3, 0.4) is 0 Å². The van der Waals surface area contributed by atoms with Gasteiger partial charge in [0.1, 0.15) is 11.5 Å². The van der Waals surface area contributed by atoms with Gasteiger partial charge < -0.3 is 9.32 Å². The fourth-order valence-electron chi connectivity index (χ4n) is 2.86. The molecule has 0 spiro atoms. The topological polar surface area (TPSA) is 42.2 Å². The van der Waals surface area contributed by atoms with Crippen molar-refractivity contribution in [3.05, 3.63) is 41.6 Å². The first-order chi connectivity index (χ1) is 9.63. The molecule has 0 amide bonds. The number of nitrogens with zero attached hydrogens (tertiary/aromatic N) is 3. The first-order valence-corrected chi connectivity index (χ1v) is 7.26. The Balaban J connectivity index is 1.94. The van der Waals surface area contributed by atoms with Crippen molar-refractivity contribution < 1.29 is 4.42 Å². The van der Waals surface area contributed by atoms with E-state index in [4.69, 9.17) is 4.42 Å². The van der Waals surface area contributed by atoms with Crippen molar-refractivity contribution in [2.24, 2.45) is 5.92 Å². The van der Waals surface area contributed by atoms with Crippen molar-refractivity contribution in [2.45, 2.75) is 39.7 Å². The number of aromatic nitrogens is 2. The van der Waals surface area contributed by atoms with Gasteiger partial charge in [0, 0.05) is 18.4 Å². The maximum Gasteiger partial charge on any atom is 0.226 e. The summed E-state index contributed by atoms with van der Waals surface area (Å²) < 4.78 is 5.86. The molecule has 1 aliphatic heterocycles. The molecule has 2 aromatic heterocycles. The summed E-state index contributed by atoms with van der Waals surface area (Å²) in [6.45, 7) is 7.28. The Labute approximate surface area is 119 Å². The van der Waals surface area contributed by atoms with E-state index in [0.29, 0.717) is 5.92 Å². The minimum atomic E-state index is 0.245. The van der Waals surface area contributed by atoms with Crippen LogP contribution in [0.15, 0.2) is 28.8 Å². The van der Waals surface area contributed by atoms with Gasteiger partial charge in [-0.3, -0.25) is 0 Å². The van der Waals surface area contributed by atoms with E-state index < -0.39 is 0 Å². The van der Waals surface area contributed by atoms with Crippen LogP contribution in [0.5, 0.6) is 0 Å². The lowest BCUT2D eigenvalue weighted by Gasteiger charge is -2.37. The highest BCUT2D eigenvalue weighted by Crippen LogP contribution is 2.36. The van der Waals surface area contributed by atoms with E-state index in [1.165, 1.54) is 6.42 Å². The second-order valence-corrected chi connectivity index (χ2v) is 5.79. The molecule has 1 saturated heterocycles. The first-order valence-electron chi connectivity index (χ1n) is 7.26. The van der Waals surface area contributed by atoms with Crippen molar-refractivity contribution in [1.82, 2.24) is 9.97 Å². The quantitative estimate of drug-likeness (QED) is 0.836.